The minimum Gasteiger partial charge on any atom is -0.372 e. The van der Waals surface area contributed by atoms with Crippen LogP contribution in [0.4, 0.5) is 5.69 Å². The summed E-state index contributed by atoms with van der Waals surface area (Å²) in [5.74, 6) is 1.31. The highest BCUT2D eigenvalue weighted by molar-refractivity contribution is 5.86. The number of piperazine rings is 1. The van der Waals surface area contributed by atoms with Gasteiger partial charge in [0.15, 0.2) is 0 Å². The Kier molecular flexibility index (Phi) is 8.28. The van der Waals surface area contributed by atoms with Gasteiger partial charge in [-0.1, -0.05) is 18.7 Å². The molecule has 0 spiro atoms. The summed E-state index contributed by atoms with van der Waals surface area (Å²) < 4.78 is 0. The zero-order valence-electron chi connectivity index (χ0n) is 22.1. The second kappa shape index (κ2) is 11.8. The lowest BCUT2D eigenvalue weighted by atomic mass is 9.82. The van der Waals surface area contributed by atoms with Crippen LogP contribution in [0.25, 0.3) is 0 Å². The van der Waals surface area contributed by atoms with Crippen molar-refractivity contribution in [2.45, 2.75) is 57.3 Å². The molecule has 1 aromatic rings. The lowest BCUT2D eigenvalue weighted by molar-refractivity contribution is -0.139. The number of allylic oxidation sites excluding steroid dienone is 1. The van der Waals surface area contributed by atoms with Crippen LogP contribution in [0.2, 0.25) is 0 Å². The SMILES string of the molecule is C=C1CCC(c2ccc(N3CCC(CN4CCN(C(=O)C5CCC(C=O)CC5)CC4)CC3)cc2)C(=O)N1. The number of carbonyl (C=O) groups is 3. The van der Waals surface area contributed by atoms with Crippen LogP contribution in [0.1, 0.15) is 62.8 Å². The molecule has 3 heterocycles. The third-order valence-corrected chi connectivity index (χ3v) is 9.14. The number of carbonyl (C=O) groups excluding carboxylic acids is 3. The minimum absolute atomic E-state index is 0.0664. The molecule has 0 aromatic heterocycles. The Morgan fingerprint density at radius 1 is 0.919 bits per heavy atom. The summed E-state index contributed by atoms with van der Waals surface area (Å²) in [7, 11) is 0. The molecule has 4 aliphatic rings. The van der Waals surface area contributed by atoms with Crippen LogP contribution >= 0.6 is 0 Å². The van der Waals surface area contributed by atoms with Gasteiger partial charge < -0.3 is 19.9 Å². The first-order valence-electron chi connectivity index (χ1n) is 14.3. The van der Waals surface area contributed by atoms with Gasteiger partial charge in [-0.2, -0.15) is 0 Å². The minimum atomic E-state index is -0.0708. The highest BCUT2D eigenvalue weighted by Gasteiger charge is 2.32. The molecule has 0 bridgehead atoms. The van der Waals surface area contributed by atoms with Gasteiger partial charge in [-0.3, -0.25) is 14.5 Å². The van der Waals surface area contributed by atoms with Gasteiger partial charge in [-0.15, -0.1) is 0 Å². The average Bonchev–Trinajstić information content (AvgIpc) is 2.94. The third-order valence-electron chi connectivity index (χ3n) is 9.14. The number of nitrogens with zero attached hydrogens (tertiary/aromatic N) is 3. The highest BCUT2D eigenvalue weighted by atomic mass is 16.2. The standard InChI is InChI=1S/C30H42N4O3/c1-22-2-11-28(29(36)31-22)25-7-9-27(10-8-25)33-14-12-23(13-15-33)20-32-16-18-34(19-17-32)30(37)26-5-3-24(21-35)4-6-26/h7-10,21,23-24,26,28H,1-6,11-20H2,(H,31,36). The Morgan fingerprint density at radius 2 is 1.59 bits per heavy atom. The third kappa shape index (κ3) is 6.25. The summed E-state index contributed by atoms with van der Waals surface area (Å²) in [4.78, 5) is 43.4. The molecule has 0 radical (unpaired) electrons. The monoisotopic (exact) mass is 506 g/mol. The molecule has 7 heteroatoms. The van der Waals surface area contributed by atoms with Crippen LogP contribution in [0.5, 0.6) is 0 Å². The first kappa shape index (κ1) is 26.0. The smallest absolute Gasteiger partial charge is 0.231 e. The molecule has 1 saturated carbocycles. The fourth-order valence-electron chi connectivity index (χ4n) is 6.66. The first-order chi connectivity index (χ1) is 18.0. The molecule has 3 saturated heterocycles. The van der Waals surface area contributed by atoms with Crippen molar-refractivity contribution in [3.63, 3.8) is 0 Å². The van der Waals surface area contributed by atoms with Crippen LogP contribution in [0.15, 0.2) is 36.5 Å². The summed E-state index contributed by atoms with van der Waals surface area (Å²) in [6.45, 7) is 10.8. The molecular formula is C30H42N4O3. The quantitative estimate of drug-likeness (QED) is 0.598. The highest BCUT2D eigenvalue weighted by Crippen LogP contribution is 2.31. The Hall–Kier alpha value is -2.67. The second-order valence-electron chi connectivity index (χ2n) is 11.6. The van der Waals surface area contributed by atoms with Gasteiger partial charge in [0.2, 0.25) is 11.8 Å². The molecule has 1 aromatic carbocycles. The van der Waals surface area contributed by atoms with Gasteiger partial charge in [-0.05, 0) is 75.0 Å². The normalized spacial score (nSPS) is 28.2. The van der Waals surface area contributed by atoms with E-state index in [1.54, 1.807) is 0 Å². The largest absolute Gasteiger partial charge is 0.372 e. The predicted molar refractivity (Wildman–Crippen MR) is 145 cm³/mol. The molecular weight excluding hydrogens is 464 g/mol. The number of anilines is 1. The van der Waals surface area contributed by atoms with Crippen LogP contribution in [-0.2, 0) is 14.4 Å². The zero-order chi connectivity index (χ0) is 25.8. The molecule has 1 atom stereocenters. The predicted octanol–water partition coefficient (Wildman–Crippen LogP) is 3.56. The van der Waals surface area contributed by atoms with E-state index in [-0.39, 0.29) is 23.7 Å². The Bertz CT molecular complexity index is 969. The van der Waals surface area contributed by atoms with Gasteiger partial charge in [0.05, 0.1) is 5.92 Å². The van der Waals surface area contributed by atoms with E-state index in [0.717, 1.165) is 102 Å². The number of hydrogen-bond donors (Lipinski definition) is 1. The molecule has 200 valence electrons. The molecule has 37 heavy (non-hydrogen) atoms. The fraction of sp³-hybridized carbons (Fsp3) is 0.633. The summed E-state index contributed by atoms with van der Waals surface area (Å²) >= 11 is 0. The number of piperidine rings is 2. The van der Waals surface area contributed by atoms with Crippen molar-refractivity contribution < 1.29 is 14.4 Å². The summed E-state index contributed by atoms with van der Waals surface area (Å²) in [6, 6.07) is 8.59. The van der Waals surface area contributed by atoms with Crippen LogP contribution in [0, 0.1) is 17.8 Å². The Balaban J connectivity index is 1.03. The molecule has 5 rings (SSSR count). The average molecular weight is 507 g/mol. The first-order valence-corrected chi connectivity index (χ1v) is 14.3. The number of rotatable bonds is 6. The van der Waals surface area contributed by atoms with Crippen LogP contribution in [-0.4, -0.2) is 73.7 Å². The van der Waals surface area contributed by atoms with E-state index in [1.165, 1.54) is 18.5 Å². The van der Waals surface area contributed by atoms with E-state index in [1.807, 2.05) is 0 Å². The maximum atomic E-state index is 12.9. The lowest BCUT2D eigenvalue weighted by Crippen LogP contribution is -2.52. The van der Waals surface area contributed by atoms with Gasteiger partial charge in [0.1, 0.15) is 6.29 Å². The number of amides is 2. The molecule has 7 nitrogen and oxygen atoms in total. The number of benzene rings is 1. The maximum absolute atomic E-state index is 12.9. The number of hydrogen-bond acceptors (Lipinski definition) is 5. The van der Waals surface area contributed by atoms with Gasteiger partial charge in [0, 0.05) is 69.0 Å². The van der Waals surface area contributed by atoms with E-state index >= 15 is 0 Å². The molecule has 1 aliphatic carbocycles. The number of nitrogens with one attached hydrogen (secondary N) is 1. The van der Waals surface area contributed by atoms with E-state index in [9.17, 15) is 14.4 Å². The maximum Gasteiger partial charge on any atom is 0.231 e. The van der Waals surface area contributed by atoms with Crippen molar-refractivity contribution in [1.29, 1.82) is 0 Å². The van der Waals surface area contributed by atoms with Crippen molar-refractivity contribution in [1.82, 2.24) is 15.1 Å². The molecule has 3 aliphatic heterocycles. The van der Waals surface area contributed by atoms with Gasteiger partial charge in [0.25, 0.3) is 0 Å². The van der Waals surface area contributed by atoms with E-state index < -0.39 is 0 Å². The molecule has 2 amide bonds. The van der Waals surface area contributed by atoms with Crippen molar-refractivity contribution >= 4 is 23.8 Å². The zero-order valence-corrected chi connectivity index (χ0v) is 22.1. The van der Waals surface area contributed by atoms with Crippen LogP contribution in [0.3, 0.4) is 0 Å². The van der Waals surface area contributed by atoms with Gasteiger partial charge >= 0.3 is 0 Å². The lowest BCUT2D eigenvalue weighted by Gasteiger charge is -2.40. The van der Waals surface area contributed by atoms with E-state index in [2.05, 4.69) is 50.9 Å². The van der Waals surface area contributed by atoms with Crippen molar-refractivity contribution in [2.24, 2.45) is 17.8 Å². The van der Waals surface area contributed by atoms with Crippen molar-refractivity contribution in [3.05, 3.63) is 42.1 Å². The summed E-state index contributed by atoms with van der Waals surface area (Å²) in [6.07, 6.45) is 8.61. The topological polar surface area (TPSA) is 73.0 Å². The van der Waals surface area contributed by atoms with Crippen LogP contribution < -0.4 is 10.2 Å². The molecule has 1 N–H and O–H groups in total. The summed E-state index contributed by atoms with van der Waals surface area (Å²) in [5.41, 5.74) is 3.16. The van der Waals surface area contributed by atoms with Crippen molar-refractivity contribution in [2.75, 3.05) is 50.7 Å². The number of aldehydes is 1. The van der Waals surface area contributed by atoms with Gasteiger partial charge in [-0.25, -0.2) is 0 Å². The fourth-order valence-corrected chi connectivity index (χ4v) is 6.66. The summed E-state index contributed by atoms with van der Waals surface area (Å²) in [5, 5.41) is 2.89. The molecule has 4 fully saturated rings. The van der Waals surface area contributed by atoms with E-state index in [0.29, 0.717) is 11.8 Å². The van der Waals surface area contributed by atoms with E-state index in [4.69, 9.17) is 0 Å². The molecule has 1 unspecified atom stereocenters. The Morgan fingerprint density at radius 3 is 2.22 bits per heavy atom. The Labute approximate surface area is 221 Å². The second-order valence-corrected chi connectivity index (χ2v) is 11.6. The van der Waals surface area contributed by atoms with Crippen molar-refractivity contribution in [3.8, 4) is 0 Å².